The molecule has 2 aromatic rings. The molecule has 0 heterocycles. The number of carboxylic acid groups (broad SMARTS) is 1. The lowest BCUT2D eigenvalue weighted by atomic mass is 9.98. The molecule has 2 amide bonds. The second kappa shape index (κ2) is 9.94. The summed E-state index contributed by atoms with van der Waals surface area (Å²) in [4.78, 5) is 48.4. The number of carbonyl (C=O) groups excluding carboxylic acids is 3. The molecule has 4 rings (SSSR count). The van der Waals surface area contributed by atoms with Gasteiger partial charge in [-0.1, -0.05) is 48.5 Å². The summed E-state index contributed by atoms with van der Waals surface area (Å²) < 4.78 is 10.3. The number of hydrogen-bond acceptors (Lipinski definition) is 6. The summed E-state index contributed by atoms with van der Waals surface area (Å²) in [6.45, 7) is 1.73. The third-order valence-corrected chi connectivity index (χ3v) is 6.17. The molecule has 0 spiro atoms. The van der Waals surface area contributed by atoms with E-state index in [1.165, 1.54) is 0 Å². The number of aliphatic carboxylic acids is 1. The van der Waals surface area contributed by atoms with Gasteiger partial charge < -0.3 is 19.9 Å². The minimum Gasteiger partial charge on any atom is -0.481 e. The number of ether oxygens (including phenoxy) is 2. The van der Waals surface area contributed by atoms with Gasteiger partial charge in [-0.25, -0.2) is 9.59 Å². The second-order valence-electron chi connectivity index (χ2n) is 8.34. The fourth-order valence-electron chi connectivity index (χ4n) is 4.32. The van der Waals surface area contributed by atoms with Gasteiger partial charge in [0.1, 0.15) is 6.61 Å². The van der Waals surface area contributed by atoms with Crippen molar-refractivity contribution in [3.63, 3.8) is 0 Å². The molecule has 9 heteroatoms. The molecular weight excluding hydrogens is 440 g/mol. The van der Waals surface area contributed by atoms with Crippen molar-refractivity contribution < 1.29 is 33.8 Å². The molecule has 1 fully saturated rings. The number of carbonyl (C=O) groups is 4. The zero-order chi connectivity index (χ0) is 24.2. The van der Waals surface area contributed by atoms with Crippen LogP contribution in [0.1, 0.15) is 30.4 Å². The van der Waals surface area contributed by atoms with Crippen LogP contribution in [0.15, 0.2) is 48.5 Å². The molecule has 0 saturated heterocycles. The average molecular weight is 466 g/mol. The molecule has 3 atom stereocenters. The highest BCUT2D eigenvalue weighted by atomic mass is 16.6. The number of rotatable bonds is 9. The quantitative estimate of drug-likeness (QED) is 0.382. The molecule has 3 N–H and O–H groups in total. The van der Waals surface area contributed by atoms with E-state index in [0.29, 0.717) is 6.42 Å². The van der Waals surface area contributed by atoms with E-state index in [4.69, 9.17) is 14.6 Å². The number of amides is 2. The van der Waals surface area contributed by atoms with Crippen molar-refractivity contribution in [2.75, 3.05) is 19.8 Å². The van der Waals surface area contributed by atoms with Crippen LogP contribution in [0.3, 0.4) is 0 Å². The molecule has 178 valence electrons. The van der Waals surface area contributed by atoms with E-state index < -0.39 is 35.9 Å². The van der Waals surface area contributed by atoms with E-state index in [-0.39, 0.29) is 31.6 Å². The first kappa shape index (κ1) is 23.3. The van der Waals surface area contributed by atoms with Gasteiger partial charge in [0, 0.05) is 12.5 Å². The van der Waals surface area contributed by atoms with Crippen LogP contribution < -0.4 is 10.6 Å². The van der Waals surface area contributed by atoms with Crippen molar-refractivity contribution in [2.45, 2.75) is 25.3 Å². The van der Waals surface area contributed by atoms with Gasteiger partial charge in [-0.15, -0.1) is 0 Å². The van der Waals surface area contributed by atoms with E-state index in [0.717, 1.165) is 22.3 Å². The Kier molecular flexibility index (Phi) is 6.81. The number of alkyl carbamates (subject to hydrolysis) is 1. The largest absolute Gasteiger partial charge is 0.481 e. The van der Waals surface area contributed by atoms with Gasteiger partial charge >= 0.3 is 18.0 Å². The lowest BCUT2D eigenvalue weighted by molar-refractivity contribution is -0.149. The minimum atomic E-state index is -1.60. The van der Waals surface area contributed by atoms with Crippen LogP contribution in [0.4, 0.5) is 4.79 Å². The lowest BCUT2D eigenvalue weighted by Crippen LogP contribution is -2.52. The van der Waals surface area contributed by atoms with Gasteiger partial charge in [0.15, 0.2) is 0 Å². The van der Waals surface area contributed by atoms with Gasteiger partial charge in [-0.2, -0.15) is 0 Å². The number of nitrogens with one attached hydrogen (secondary N) is 2. The Balaban J connectivity index is 1.38. The number of benzene rings is 2. The van der Waals surface area contributed by atoms with Gasteiger partial charge in [-0.3, -0.25) is 14.9 Å². The van der Waals surface area contributed by atoms with Crippen LogP contribution in [-0.4, -0.2) is 54.8 Å². The standard InChI is InChI=1S/C25H26N2O7/c1-2-33-24(31)21(22(28)26-12-14-11-19(14)23(29)30)27-25(32)34-13-20-17-9-5-3-7-15(17)16-8-4-6-10-18(16)20/h3-10,14,19-21H,2,11-13H2,1H3,(H,26,28)(H,27,32)(H,29,30)/t14-,19-,21?/m0/s1. The van der Waals surface area contributed by atoms with E-state index in [1.54, 1.807) is 6.92 Å². The number of hydrogen-bond donors (Lipinski definition) is 3. The summed E-state index contributed by atoms with van der Waals surface area (Å²) in [6, 6.07) is 14.2. The summed E-state index contributed by atoms with van der Waals surface area (Å²) in [5.41, 5.74) is 4.23. The molecule has 0 aromatic heterocycles. The van der Waals surface area contributed by atoms with E-state index in [2.05, 4.69) is 10.6 Å². The molecule has 1 unspecified atom stereocenters. The molecule has 9 nitrogen and oxygen atoms in total. The highest BCUT2D eigenvalue weighted by molar-refractivity contribution is 6.04. The Labute approximate surface area is 196 Å². The Bertz CT molecular complexity index is 1070. The number of carboxylic acids is 1. The van der Waals surface area contributed by atoms with E-state index in [9.17, 15) is 19.2 Å². The maximum atomic E-state index is 12.6. The third kappa shape index (κ3) is 4.88. The van der Waals surface area contributed by atoms with Crippen molar-refractivity contribution >= 4 is 23.9 Å². The molecule has 0 bridgehead atoms. The maximum Gasteiger partial charge on any atom is 0.408 e. The van der Waals surface area contributed by atoms with Crippen molar-refractivity contribution in [3.8, 4) is 11.1 Å². The summed E-state index contributed by atoms with van der Waals surface area (Å²) in [5, 5.41) is 13.8. The second-order valence-corrected chi connectivity index (χ2v) is 8.34. The van der Waals surface area contributed by atoms with Crippen molar-refractivity contribution in [3.05, 3.63) is 59.7 Å². The van der Waals surface area contributed by atoms with Crippen molar-refractivity contribution in [1.82, 2.24) is 10.6 Å². The Morgan fingerprint density at radius 3 is 2.18 bits per heavy atom. The lowest BCUT2D eigenvalue weighted by Gasteiger charge is -2.18. The van der Waals surface area contributed by atoms with Crippen LogP contribution in [0.5, 0.6) is 0 Å². The van der Waals surface area contributed by atoms with Crippen LogP contribution >= 0.6 is 0 Å². The average Bonchev–Trinajstić information content (AvgIpc) is 3.55. The smallest absolute Gasteiger partial charge is 0.408 e. The molecule has 2 aliphatic rings. The monoisotopic (exact) mass is 466 g/mol. The Hall–Kier alpha value is -3.88. The van der Waals surface area contributed by atoms with Crippen molar-refractivity contribution in [1.29, 1.82) is 0 Å². The minimum absolute atomic E-state index is 0.0265. The Morgan fingerprint density at radius 2 is 1.62 bits per heavy atom. The van der Waals surface area contributed by atoms with Crippen LogP contribution in [0.2, 0.25) is 0 Å². The molecule has 1 saturated carbocycles. The fourth-order valence-corrected chi connectivity index (χ4v) is 4.32. The van der Waals surface area contributed by atoms with Crippen LogP contribution in [0, 0.1) is 11.8 Å². The molecule has 2 aromatic carbocycles. The topological polar surface area (TPSA) is 131 Å². The first-order valence-corrected chi connectivity index (χ1v) is 11.2. The SMILES string of the molecule is CCOC(=O)C(NC(=O)OCC1c2ccccc2-c2ccccc21)C(=O)NC[C@@H]1C[C@@H]1C(=O)O. The van der Waals surface area contributed by atoms with E-state index in [1.807, 2.05) is 48.5 Å². The Morgan fingerprint density at radius 1 is 1.00 bits per heavy atom. The fraction of sp³-hybridized carbons (Fsp3) is 0.360. The summed E-state index contributed by atoms with van der Waals surface area (Å²) >= 11 is 0. The van der Waals surface area contributed by atoms with Gasteiger partial charge in [-0.05, 0) is 41.5 Å². The van der Waals surface area contributed by atoms with Crippen LogP contribution in [0.25, 0.3) is 11.1 Å². The summed E-state index contributed by atoms with van der Waals surface area (Å²) in [6.07, 6.45) is -0.468. The normalized spacial score (nSPS) is 18.7. The first-order valence-electron chi connectivity index (χ1n) is 11.2. The third-order valence-electron chi connectivity index (χ3n) is 6.17. The molecule has 0 aliphatic heterocycles. The predicted molar refractivity (Wildman–Crippen MR) is 121 cm³/mol. The van der Waals surface area contributed by atoms with Gasteiger partial charge in [0.25, 0.3) is 5.91 Å². The molecule has 2 aliphatic carbocycles. The molecule has 0 radical (unpaired) electrons. The zero-order valence-electron chi connectivity index (χ0n) is 18.7. The predicted octanol–water partition coefficient (Wildman–Crippen LogP) is 2.29. The zero-order valence-corrected chi connectivity index (χ0v) is 18.7. The highest BCUT2D eigenvalue weighted by Gasteiger charge is 2.43. The molecule has 34 heavy (non-hydrogen) atoms. The number of fused-ring (bicyclic) bond motifs is 3. The van der Waals surface area contributed by atoms with Crippen LogP contribution in [-0.2, 0) is 23.9 Å². The van der Waals surface area contributed by atoms with E-state index >= 15 is 0 Å². The maximum absolute atomic E-state index is 12.6. The van der Waals surface area contributed by atoms with Gasteiger partial charge in [0.2, 0.25) is 6.04 Å². The summed E-state index contributed by atoms with van der Waals surface area (Å²) in [5.74, 6) is -3.48. The van der Waals surface area contributed by atoms with Gasteiger partial charge in [0.05, 0.1) is 12.5 Å². The summed E-state index contributed by atoms with van der Waals surface area (Å²) in [7, 11) is 0. The highest BCUT2D eigenvalue weighted by Crippen LogP contribution is 2.44. The first-order chi connectivity index (χ1) is 16.4. The number of esters is 1. The molecular formula is C25H26N2O7. The van der Waals surface area contributed by atoms with Crippen molar-refractivity contribution in [2.24, 2.45) is 11.8 Å².